The minimum atomic E-state index is -3.03. The molecular formula is C7H6F2N2O3. The van der Waals surface area contributed by atoms with Crippen LogP contribution in [0.4, 0.5) is 14.5 Å². The summed E-state index contributed by atoms with van der Waals surface area (Å²) in [7, 11) is 0. The van der Waals surface area contributed by atoms with E-state index in [4.69, 9.17) is 5.11 Å². The van der Waals surface area contributed by atoms with Gasteiger partial charge in [0.2, 0.25) is 5.75 Å². The molecule has 1 rings (SSSR count). The van der Waals surface area contributed by atoms with Crippen molar-refractivity contribution in [2.75, 3.05) is 0 Å². The summed E-state index contributed by atoms with van der Waals surface area (Å²) < 4.78 is 24.4. The molecule has 0 aliphatic carbocycles. The van der Waals surface area contributed by atoms with Gasteiger partial charge in [-0.2, -0.15) is 0 Å². The number of halogens is 2. The zero-order chi connectivity index (χ0) is 10.9. The number of nitro groups is 1. The van der Waals surface area contributed by atoms with Crippen LogP contribution in [0.5, 0.6) is 5.75 Å². The van der Waals surface area contributed by atoms with Crippen molar-refractivity contribution in [3.05, 3.63) is 27.6 Å². The molecule has 0 atom stereocenters. The Balaban J connectivity index is 3.40. The molecule has 5 nitrogen and oxygen atoms in total. The number of nitrogens with zero attached hydrogens (tertiary/aromatic N) is 2. The second kappa shape index (κ2) is 3.52. The number of aryl methyl sites for hydroxylation is 1. The SMILES string of the molecule is Cc1cc([N+](=O)[O-])c(O)c(C(F)F)n1. The van der Waals surface area contributed by atoms with Gasteiger partial charge >= 0.3 is 5.69 Å². The molecule has 76 valence electrons. The van der Waals surface area contributed by atoms with Crippen LogP contribution in [-0.4, -0.2) is 15.0 Å². The molecule has 0 saturated heterocycles. The van der Waals surface area contributed by atoms with Crippen molar-refractivity contribution in [1.29, 1.82) is 0 Å². The molecule has 1 heterocycles. The molecule has 7 heteroatoms. The first kappa shape index (κ1) is 10.3. The lowest BCUT2D eigenvalue weighted by molar-refractivity contribution is -0.386. The van der Waals surface area contributed by atoms with Crippen molar-refractivity contribution in [2.24, 2.45) is 0 Å². The summed E-state index contributed by atoms with van der Waals surface area (Å²) in [4.78, 5) is 12.7. The summed E-state index contributed by atoms with van der Waals surface area (Å²) in [6, 6.07) is 0.932. The van der Waals surface area contributed by atoms with Crippen LogP contribution in [0.2, 0.25) is 0 Å². The Morgan fingerprint density at radius 2 is 2.21 bits per heavy atom. The molecule has 1 aromatic heterocycles. The lowest BCUT2D eigenvalue weighted by Crippen LogP contribution is -1.98. The van der Waals surface area contributed by atoms with Gasteiger partial charge < -0.3 is 5.11 Å². The maximum absolute atomic E-state index is 12.2. The predicted molar refractivity (Wildman–Crippen MR) is 42.3 cm³/mol. The Morgan fingerprint density at radius 3 is 2.64 bits per heavy atom. The van der Waals surface area contributed by atoms with Crippen molar-refractivity contribution in [3.63, 3.8) is 0 Å². The standard InChI is InChI=1S/C7H6F2N2O3/c1-3-2-4(11(13)14)6(12)5(10-3)7(8)9/h2,7,12H,1H3. The maximum atomic E-state index is 12.2. The van der Waals surface area contributed by atoms with Crippen LogP contribution in [-0.2, 0) is 0 Å². The minimum absolute atomic E-state index is 0.0600. The molecule has 1 aromatic rings. The number of hydrogen-bond acceptors (Lipinski definition) is 4. The van der Waals surface area contributed by atoms with E-state index in [1.807, 2.05) is 0 Å². The van der Waals surface area contributed by atoms with Crippen LogP contribution in [0.15, 0.2) is 6.07 Å². The first-order valence-electron chi connectivity index (χ1n) is 3.56. The quantitative estimate of drug-likeness (QED) is 0.589. The fraction of sp³-hybridized carbons (Fsp3) is 0.286. The monoisotopic (exact) mass is 204 g/mol. The second-order valence-corrected chi connectivity index (χ2v) is 2.57. The molecule has 0 saturated carbocycles. The highest BCUT2D eigenvalue weighted by Gasteiger charge is 2.24. The van der Waals surface area contributed by atoms with E-state index in [0.717, 1.165) is 6.07 Å². The number of alkyl halides is 2. The van der Waals surface area contributed by atoms with Crippen molar-refractivity contribution in [1.82, 2.24) is 4.98 Å². The molecule has 0 radical (unpaired) electrons. The minimum Gasteiger partial charge on any atom is -0.501 e. The van der Waals surface area contributed by atoms with Crippen LogP contribution in [0, 0.1) is 17.0 Å². The topological polar surface area (TPSA) is 76.3 Å². The van der Waals surface area contributed by atoms with Gasteiger partial charge in [0.25, 0.3) is 6.43 Å². The first-order chi connectivity index (χ1) is 6.43. The average molecular weight is 204 g/mol. The number of aromatic nitrogens is 1. The Bertz CT molecular complexity index is 381. The molecule has 0 bridgehead atoms. The van der Waals surface area contributed by atoms with E-state index in [9.17, 15) is 18.9 Å². The van der Waals surface area contributed by atoms with Gasteiger partial charge in [0.15, 0.2) is 5.69 Å². The smallest absolute Gasteiger partial charge is 0.314 e. The second-order valence-electron chi connectivity index (χ2n) is 2.57. The summed E-state index contributed by atoms with van der Waals surface area (Å²) in [6.07, 6.45) is -3.03. The van der Waals surface area contributed by atoms with Gasteiger partial charge in [-0.25, -0.2) is 13.8 Å². The van der Waals surface area contributed by atoms with E-state index in [-0.39, 0.29) is 5.69 Å². The number of pyridine rings is 1. The van der Waals surface area contributed by atoms with Gasteiger partial charge in [0.05, 0.1) is 4.92 Å². The Morgan fingerprint density at radius 1 is 1.64 bits per heavy atom. The Labute approximate surface area is 77.2 Å². The fourth-order valence-corrected chi connectivity index (χ4v) is 0.964. The van der Waals surface area contributed by atoms with Crippen LogP contribution < -0.4 is 0 Å². The van der Waals surface area contributed by atoms with Gasteiger partial charge in [0.1, 0.15) is 0 Å². The Kier molecular flexibility index (Phi) is 2.59. The van der Waals surface area contributed by atoms with Gasteiger partial charge in [0, 0.05) is 11.8 Å². The Hall–Kier alpha value is -1.79. The third kappa shape index (κ3) is 1.76. The molecule has 0 aliphatic rings. The number of hydrogen-bond donors (Lipinski definition) is 1. The normalized spacial score (nSPS) is 10.6. The van der Waals surface area contributed by atoms with Crippen molar-refractivity contribution < 1.29 is 18.8 Å². The maximum Gasteiger partial charge on any atom is 0.314 e. The van der Waals surface area contributed by atoms with Crippen molar-refractivity contribution in [2.45, 2.75) is 13.3 Å². The van der Waals surface area contributed by atoms with Crippen molar-refractivity contribution >= 4 is 5.69 Å². The van der Waals surface area contributed by atoms with Gasteiger partial charge in [-0.15, -0.1) is 0 Å². The van der Waals surface area contributed by atoms with Gasteiger partial charge in [-0.3, -0.25) is 10.1 Å². The highest BCUT2D eigenvalue weighted by molar-refractivity contribution is 5.49. The molecule has 0 amide bonds. The third-order valence-electron chi connectivity index (χ3n) is 1.53. The zero-order valence-corrected chi connectivity index (χ0v) is 7.07. The lowest BCUT2D eigenvalue weighted by Gasteiger charge is -2.03. The van der Waals surface area contributed by atoms with E-state index < -0.39 is 28.5 Å². The molecule has 0 spiro atoms. The van der Waals surface area contributed by atoms with E-state index in [0.29, 0.717) is 0 Å². The van der Waals surface area contributed by atoms with E-state index in [2.05, 4.69) is 4.98 Å². The lowest BCUT2D eigenvalue weighted by atomic mass is 10.2. The summed E-state index contributed by atoms with van der Waals surface area (Å²) in [5, 5.41) is 19.4. The molecular weight excluding hydrogens is 198 g/mol. The summed E-state index contributed by atoms with van der Waals surface area (Å²) >= 11 is 0. The molecule has 1 N–H and O–H groups in total. The molecule has 0 aromatic carbocycles. The van der Waals surface area contributed by atoms with E-state index in [1.165, 1.54) is 6.92 Å². The average Bonchev–Trinajstić information content (AvgIpc) is 2.07. The van der Waals surface area contributed by atoms with Crippen LogP contribution >= 0.6 is 0 Å². The van der Waals surface area contributed by atoms with Gasteiger partial charge in [-0.1, -0.05) is 0 Å². The van der Waals surface area contributed by atoms with Crippen molar-refractivity contribution in [3.8, 4) is 5.75 Å². The molecule has 14 heavy (non-hydrogen) atoms. The first-order valence-corrected chi connectivity index (χ1v) is 3.56. The highest BCUT2D eigenvalue weighted by Crippen LogP contribution is 2.34. The number of aromatic hydroxyl groups is 1. The summed E-state index contributed by atoms with van der Waals surface area (Å²) in [5.74, 6) is -1.07. The van der Waals surface area contributed by atoms with Gasteiger partial charge in [-0.05, 0) is 6.92 Å². The van der Waals surface area contributed by atoms with Crippen LogP contribution in [0.3, 0.4) is 0 Å². The predicted octanol–water partition coefficient (Wildman–Crippen LogP) is 1.94. The fourth-order valence-electron chi connectivity index (χ4n) is 0.964. The summed E-state index contributed by atoms with van der Waals surface area (Å²) in [5.41, 5.74) is -1.66. The number of rotatable bonds is 2. The largest absolute Gasteiger partial charge is 0.501 e. The molecule has 0 aliphatic heterocycles. The zero-order valence-electron chi connectivity index (χ0n) is 7.07. The van der Waals surface area contributed by atoms with Crippen LogP contribution in [0.25, 0.3) is 0 Å². The van der Waals surface area contributed by atoms with E-state index in [1.54, 1.807) is 0 Å². The highest BCUT2D eigenvalue weighted by atomic mass is 19.3. The summed E-state index contributed by atoms with van der Waals surface area (Å²) in [6.45, 7) is 1.33. The van der Waals surface area contributed by atoms with Crippen LogP contribution in [0.1, 0.15) is 17.8 Å². The van der Waals surface area contributed by atoms with E-state index >= 15 is 0 Å². The molecule has 0 unspecified atom stereocenters. The molecule has 0 fully saturated rings. The third-order valence-corrected chi connectivity index (χ3v) is 1.53.